The largest absolute Gasteiger partial charge is 0.302 e. The second-order valence-corrected chi connectivity index (χ2v) is 6.62. The fraction of sp³-hybridized carbons (Fsp3) is 0.692. The maximum atomic E-state index is 12.0. The molecule has 90 valence electrons. The number of hydrogen-bond acceptors (Lipinski definition) is 3. The van der Waals surface area contributed by atoms with Crippen LogP contribution >= 0.6 is 11.3 Å². The van der Waals surface area contributed by atoms with Gasteiger partial charge >= 0.3 is 0 Å². The van der Waals surface area contributed by atoms with Crippen LogP contribution in [0.15, 0.2) is 5.38 Å². The molecule has 1 amide bonds. The van der Waals surface area contributed by atoms with Gasteiger partial charge in [-0.05, 0) is 43.9 Å². The number of fused-ring (bicyclic) bond motifs is 1. The van der Waals surface area contributed by atoms with E-state index in [0.717, 1.165) is 29.8 Å². The zero-order valence-electron chi connectivity index (χ0n) is 9.69. The summed E-state index contributed by atoms with van der Waals surface area (Å²) < 4.78 is 0. The molecule has 4 heteroatoms. The van der Waals surface area contributed by atoms with Crippen molar-refractivity contribution in [3.05, 3.63) is 11.1 Å². The van der Waals surface area contributed by atoms with E-state index in [1.165, 1.54) is 25.0 Å². The van der Waals surface area contributed by atoms with Crippen LogP contribution < -0.4 is 5.32 Å². The van der Waals surface area contributed by atoms with Gasteiger partial charge in [0.05, 0.1) is 5.69 Å². The first-order valence-corrected chi connectivity index (χ1v) is 7.44. The lowest BCUT2D eigenvalue weighted by molar-refractivity contribution is -0.120. The Morgan fingerprint density at radius 2 is 2.06 bits per heavy atom. The van der Waals surface area contributed by atoms with Crippen LogP contribution in [0.3, 0.4) is 0 Å². The average Bonchev–Trinajstić information content (AvgIpc) is 3.23. The minimum Gasteiger partial charge on any atom is -0.302 e. The van der Waals surface area contributed by atoms with Gasteiger partial charge in [0.1, 0.15) is 0 Å². The third kappa shape index (κ3) is 1.88. The Balaban J connectivity index is 1.40. The van der Waals surface area contributed by atoms with Gasteiger partial charge in [-0.15, -0.1) is 11.3 Å². The van der Waals surface area contributed by atoms with Crippen molar-refractivity contribution >= 4 is 22.4 Å². The zero-order valence-corrected chi connectivity index (χ0v) is 10.5. The lowest BCUT2D eigenvalue weighted by Gasteiger charge is -2.09. The van der Waals surface area contributed by atoms with Crippen molar-refractivity contribution in [1.82, 2.24) is 4.98 Å². The fourth-order valence-electron chi connectivity index (χ4n) is 3.05. The minimum absolute atomic E-state index is 0.203. The molecule has 4 rings (SSSR count). The Kier molecular flexibility index (Phi) is 2.10. The normalized spacial score (nSPS) is 34.5. The van der Waals surface area contributed by atoms with Gasteiger partial charge in [0.15, 0.2) is 5.13 Å². The van der Waals surface area contributed by atoms with Crippen LogP contribution in [0, 0.1) is 17.8 Å². The topological polar surface area (TPSA) is 42.0 Å². The van der Waals surface area contributed by atoms with Crippen LogP contribution in [-0.4, -0.2) is 10.9 Å². The lowest BCUT2D eigenvalue weighted by atomic mass is 10.0. The molecule has 1 aromatic heterocycles. The van der Waals surface area contributed by atoms with Crippen molar-refractivity contribution in [2.75, 3.05) is 5.32 Å². The van der Waals surface area contributed by atoms with Crippen LogP contribution in [0.1, 0.15) is 43.7 Å². The van der Waals surface area contributed by atoms with E-state index in [-0.39, 0.29) is 11.8 Å². The highest BCUT2D eigenvalue weighted by Gasteiger charge is 2.48. The summed E-state index contributed by atoms with van der Waals surface area (Å²) in [7, 11) is 0. The molecule has 3 aliphatic carbocycles. The number of aromatic nitrogens is 1. The molecule has 2 unspecified atom stereocenters. The Hall–Kier alpha value is -0.900. The SMILES string of the molecule is O=C(Nc1nc(C2CC2)cs1)C1CC2CC2C1. The summed E-state index contributed by atoms with van der Waals surface area (Å²) in [5.74, 6) is 2.87. The molecule has 0 bridgehead atoms. The van der Waals surface area contributed by atoms with Crippen LogP contribution in [0.4, 0.5) is 5.13 Å². The molecule has 1 heterocycles. The Morgan fingerprint density at radius 3 is 2.76 bits per heavy atom. The molecule has 17 heavy (non-hydrogen) atoms. The van der Waals surface area contributed by atoms with Crippen LogP contribution in [0.25, 0.3) is 0 Å². The van der Waals surface area contributed by atoms with E-state index >= 15 is 0 Å². The molecule has 2 atom stereocenters. The van der Waals surface area contributed by atoms with E-state index in [1.54, 1.807) is 11.3 Å². The second-order valence-electron chi connectivity index (χ2n) is 5.77. The van der Waals surface area contributed by atoms with E-state index in [0.29, 0.717) is 5.92 Å². The molecule has 3 aliphatic rings. The van der Waals surface area contributed by atoms with E-state index in [9.17, 15) is 4.79 Å². The molecule has 1 aromatic rings. The monoisotopic (exact) mass is 248 g/mol. The molecule has 1 N–H and O–H groups in total. The van der Waals surface area contributed by atoms with Crippen LogP contribution in [-0.2, 0) is 4.79 Å². The molecule has 0 spiro atoms. The first-order valence-electron chi connectivity index (χ1n) is 6.56. The highest BCUT2D eigenvalue weighted by atomic mass is 32.1. The first kappa shape index (κ1) is 10.1. The average molecular weight is 248 g/mol. The maximum Gasteiger partial charge on any atom is 0.229 e. The number of rotatable bonds is 3. The van der Waals surface area contributed by atoms with Gasteiger partial charge in [-0.2, -0.15) is 0 Å². The van der Waals surface area contributed by atoms with Crippen molar-refractivity contribution in [2.45, 2.75) is 38.0 Å². The van der Waals surface area contributed by atoms with Crippen LogP contribution in [0.5, 0.6) is 0 Å². The molecule has 0 aliphatic heterocycles. The van der Waals surface area contributed by atoms with Crippen LogP contribution in [0.2, 0.25) is 0 Å². The van der Waals surface area contributed by atoms with E-state index in [2.05, 4.69) is 15.7 Å². The smallest absolute Gasteiger partial charge is 0.229 e. The predicted octanol–water partition coefficient (Wildman–Crippen LogP) is 3.01. The van der Waals surface area contributed by atoms with Gasteiger partial charge in [0.25, 0.3) is 0 Å². The molecule has 3 saturated carbocycles. The lowest BCUT2D eigenvalue weighted by Crippen LogP contribution is -2.21. The Bertz CT molecular complexity index is 456. The fourth-order valence-corrected chi connectivity index (χ4v) is 3.84. The summed E-state index contributed by atoms with van der Waals surface area (Å²) in [5, 5.41) is 5.90. The van der Waals surface area contributed by atoms with Crippen molar-refractivity contribution in [2.24, 2.45) is 17.8 Å². The highest BCUT2D eigenvalue weighted by molar-refractivity contribution is 7.13. The zero-order chi connectivity index (χ0) is 11.4. The molecule has 0 saturated heterocycles. The summed E-state index contributed by atoms with van der Waals surface area (Å²) in [4.78, 5) is 16.5. The van der Waals surface area contributed by atoms with E-state index < -0.39 is 0 Å². The van der Waals surface area contributed by atoms with Gasteiger partial charge in [0.2, 0.25) is 5.91 Å². The number of nitrogens with one attached hydrogen (secondary N) is 1. The summed E-state index contributed by atoms with van der Waals surface area (Å²) in [6.45, 7) is 0. The number of carbonyl (C=O) groups is 1. The molecule has 0 aromatic carbocycles. The third-order valence-corrected chi connectivity index (χ3v) is 5.14. The number of anilines is 1. The Morgan fingerprint density at radius 1 is 1.29 bits per heavy atom. The standard InChI is InChI=1S/C13H16N2OS/c16-12(10-4-8-3-9(8)5-10)15-13-14-11(6-17-13)7-1-2-7/h6-10H,1-5H2,(H,14,15,16). The third-order valence-electron chi connectivity index (χ3n) is 4.36. The van der Waals surface area contributed by atoms with E-state index in [4.69, 9.17) is 0 Å². The van der Waals surface area contributed by atoms with Gasteiger partial charge in [-0.1, -0.05) is 0 Å². The number of amides is 1. The van der Waals surface area contributed by atoms with Gasteiger partial charge in [-0.3, -0.25) is 4.79 Å². The van der Waals surface area contributed by atoms with Crippen molar-refractivity contribution in [3.8, 4) is 0 Å². The predicted molar refractivity (Wildman–Crippen MR) is 67.0 cm³/mol. The molecule has 3 fully saturated rings. The van der Waals surface area contributed by atoms with Crippen molar-refractivity contribution in [1.29, 1.82) is 0 Å². The summed E-state index contributed by atoms with van der Waals surface area (Å²) in [5.41, 5.74) is 1.18. The first-order chi connectivity index (χ1) is 8.29. The molecule has 3 nitrogen and oxygen atoms in total. The molecular weight excluding hydrogens is 232 g/mol. The van der Waals surface area contributed by atoms with Crippen molar-refractivity contribution < 1.29 is 4.79 Å². The highest BCUT2D eigenvalue weighted by Crippen LogP contribution is 2.54. The molecule has 0 radical (unpaired) electrons. The van der Waals surface area contributed by atoms with Crippen molar-refractivity contribution in [3.63, 3.8) is 0 Å². The number of carbonyl (C=O) groups excluding carboxylic acids is 1. The van der Waals surface area contributed by atoms with Gasteiger partial charge in [-0.25, -0.2) is 4.98 Å². The van der Waals surface area contributed by atoms with Gasteiger partial charge < -0.3 is 5.32 Å². The Labute approximate surface area is 105 Å². The maximum absolute atomic E-state index is 12.0. The summed E-state index contributed by atoms with van der Waals surface area (Å²) in [6, 6.07) is 0. The number of nitrogens with zero attached hydrogens (tertiary/aromatic N) is 1. The molecular formula is C13H16N2OS. The minimum atomic E-state index is 0.203. The van der Waals surface area contributed by atoms with E-state index in [1.807, 2.05) is 0 Å². The summed E-state index contributed by atoms with van der Waals surface area (Å²) in [6.07, 6.45) is 6.12. The number of thiazole rings is 1. The van der Waals surface area contributed by atoms with Gasteiger partial charge in [0, 0.05) is 17.2 Å². The quantitative estimate of drug-likeness (QED) is 0.893. The summed E-state index contributed by atoms with van der Waals surface area (Å²) >= 11 is 1.57. The second kappa shape index (κ2) is 3.55. The number of hydrogen-bond donors (Lipinski definition) is 1.